The van der Waals surface area contributed by atoms with Crippen molar-refractivity contribution in [3.8, 4) is 5.88 Å². The van der Waals surface area contributed by atoms with Crippen molar-refractivity contribution in [3.63, 3.8) is 0 Å². The number of primary amides is 1. The first-order chi connectivity index (χ1) is 9.48. The minimum Gasteiger partial charge on any atom is -0.476 e. The van der Waals surface area contributed by atoms with Crippen molar-refractivity contribution in [3.05, 3.63) is 23.4 Å². The Kier molecular flexibility index (Phi) is 4.60. The van der Waals surface area contributed by atoms with Crippen molar-refractivity contribution in [1.29, 1.82) is 0 Å². The summed E-state index contributed by atoms with van der Waals surface area (Å²) < 4.78 is 5.73. The summed E-state index contributed by atoms with van der Waals surface area (Å²) in [4.78, 5) is 15.5. The number of amides is 1. The van der Waals surface area contributed by atoms with E-state index in [1.54, 1.807) is 12.1 Å². The Morgan fingerprint density at radius 2 is 1.95 bits per heavy atom. The van der Waals surface area contributed by atoms with Crippen LogP contribution in [0.3, 0.4) is 0 Å². The lowest BCUT2D eigenvalue weighted by molar-refractivity contribution is 0.0999. The topological polar surface area (TPSA) is 91.2 Å². The molecule has 5 nitrogen and oxygen atoms in total. The van der Waals surface area contributed by atoms with Crippen LogP contribution in [0.25, 0.3) is 0 Å². The van der Waals surface area contributed by atoms with Crippen LogP contribution >= 0.6 is 0 Å². The molecule has 110 valence electrons. The molecule has 5 heteroatoms. The Balaban J connectivity index is 2.04. The number of hydrogen-bond donors (Lipinski definition) is 2. The van der Waals surface area contributed by atoms with Gasteiger partial charge in [0, 0.05) is 17.3 Å². The van der Waals surface area contributed by atoms with Crippen molar-refractivity contribution in [2.45, 2.75) is 51.0 Å². The zero-order valence-corrected chi connectivity index (χ0v) is 12.0. The minimum atomic E-state index is -0.475. The lowest BCUT2D eigenvalue weighted by atomic mass is 9.93. The Bertz CT molecular complexity index is 480. The number of rotatable bonds is 4. The Morgan fingerprint density at radius 3 is 2.55 bits per heavy atom. The molecule has 1 aliphatic carbocycles. The van der Waals surface area contributed by atoms with Gasteiger partial charge in [0.25, 0.3) is 0 Å². The first kappa shape index (κ1) is 14.8. The first-order valence-corrected chi connectivity index (χ1v) is 7.19. The predicted octanol–water partition coefficient (Wildman–Crippen LogP) is 1.92. The number of ether oxygens (including phenoxy) is 1. The summed E-state index contributed by atoms with van der Waals surface area (Å²) in [5, 5.41) is 0. The molecule has 0 saturated heterocycles. The fraction of sp³-hybridized carbons (Fsp3) is 0.600. The van der Waals surface area contributed by atoms with Crippen molar-refractivity contribution in [2.24, 2.45) is 11.5 Å². The van der Waals surface area contributed by atoms with Crippen LogP contribution in [0, 0.1) is 6.92 Å². The van der Waals surface area contributed by atoms with E-state index in [0.717, 1.165) is 25.7 Å². The minimum absolute atomic E-state index is 0.283. The van der Waals surface area contributed by atoms with Crippen LogP contribution in [0.15, 0.2) is 12.1 Å². The predicted molar refractivity (Wildman–Crippen MR) is 77.6 cm³/mol. The number of pyridine rings is 1. The summed E-state index contributed by atoms with van der Waals surface area (Å²) in [7, 11) is 0. The molecule has 1 aromatic heterocycles. The second-order valence-electron chi connectivity index (χ2n) is 5.76. The third kappa shape index (κ3) is 3.93. The van der Waals surface area contributed by atoms with Gasteiger partial charge in [-0.2, -0.15) is 0 Å². The van der Waals surface area contributed by atoms with Gasteiger partial charge in [0.15, 0.2) is 0 Å². The molecule has 2 rings (SSSR count). The van der Waals surface area contributed by atoms with E-state index in [4.69, 9.17) is 16.2 Å². The molecule has 0 aromatic carbocycles. The maximum absolute atomic E-state index is 11.2. The van der Waals surface area contributed by atoms with Gasteiger partial charge < -0.3 is 16.2 Å². The largest absolute Gasteiger partial charge is 0.476 e. The summed E-state index contributed by atoms with van der Waals surface area (Å²) >= 11 is 0. The van der Waals surface area contributed by atoms with Crippen LogP contribution in [0.2, 0.25) is 0 Å². The number of nitrogens with zero attached hydrogens (tertiary/aromatic N) is 1. The molecule has 0 aliphatic heterocycles. The molecular formula is C15H23N3O2. The summed E-state index contributed by atoms with van der Waals surface area (Å²) in [6, 6.07) is 3.23. The summed E-state index contributed by atoms with van der Waals surface area (Å²) in [6.07, 6.45) is 6.73. The fourth-order valence-electron chi connectivity index (χ4n) is 2.65. The van der Waals surface area contributed by atoms with Gasteiger partial charge in [-0.05, 0) is 25.8 Å². The fourth-order valence-corrected chi connectivity index (χ4v) is 2.65. The third-order valence-corrected chi connectivity index (χ3v) is 3.82. The van der Waals surface area contributed by atoms with Gasteiger partial charge in [-0.15, -0.1) is 0 Å². The molecule has 0 radical (unpaired) electrons. The molecule has 0 unspecified atom stereocenters. The number of hydrogen-bond acceptors (Lipinski definition) is 4. The van der Waals surface area contributed by atoms with Crippen LogP contribution in [-0.2, 0) is 0 Å². The van der Waals surface area contributed by atoms with Crippen LogP contribution in [-0.4, -0.2) is 23.0 Å². The van der Waals surface area contributed by atoms with Crippen LogP contribution in [0.4, 0.5) is 0 Å². The monoisotopic (exact) mass is 277 g/mol. The molecule has 1 heterocycles. The lowest BCUT2D eigenvalue weighted by Gasteiger charge is -2.27. The van der Waals surface area contributed by atoms with Gasteiger partial charge in [-0.3, -0.25) is 4.79 Å². The highest BCUT2D eigenvalue weighted by atomic mass is 16.5. The zero-order valence-electron chi connectivity index (χ0n) is 12.0. The molecule has 4 N–H and O–H groups in total. The van der Waals surface area contributed by atoms with E-state index in [1.165, 1.54) is 12.8 Å². The van der Waals surface area contributed by atoms with Crippen molar-refractivity contribution in [2.75, 3.05) is 6.61 Å². The molecule has 0 bridgehead atoms. The number of carbonyl (C=O) groups is 1. The quantitative estimate of drug-likeness (QED) is 0.822. The van der Waals surface area contributed by atoms with Gasteiger partial charge in [0.2, 0.25) is 11.8 Å². The first-order valence-electron chi connectivity index (χ1n) is 7.19. The molecule has 1 saturated carbocycles. The van der Waals surface area contributed by atoms with E-state index in [2.05, 4.69) is 4.98 Å². The molecule has 20 heavy (non-hydrogen) atoms. The second-order valence-corrected chi connectivity index (χ2v) is 5.76. The Morgan fingerprint density at radius 1 is 1.30 bits per heavy atom. The Labute approximate surface area is 119 Å². The molecule has 1 aromatic rings. The third-order valence-electron chi connectivity index (χ3n) is 3.82. The zero-order chi connectivity index (χ0) is 14.6. The highest BCUT2D eigenvalue weighted by Crippen LogP contribution is 2.25. The van der Waals surface area contributed by atoms with Crippen molar-refractivity contribution < 1.29 is 9.53 Å². The van der Waals surface area contributed by atoms with E-state index in [-0.39, 0.29) is 5.54 Å². The summed E-state index contributed by atoms with van der Waals surface area (Å²) in [5.41, 5.74) is 12.5. The average Bonchev–Trinajstić information content (AvgIpc) is 2.61. The number of aromatic nitrogens is 1. The van der Waals surface area contributed by atoms with Crippen molar-refractivity contribution >= 4 is 5.91 Å². The van der Waals surface area contributed by atoms with Crippen molar-refractivity contribution in [1.82, 2.24) is 4.98 Å². The lowest BCUT2D eigenvalue weighted by Crippen LogP contribution is -2.45. The van der Waals surface area contributed by atoms with Gasteiger partial charge in [-0.1, -0.05) is 25.7 Å². The maximum atomic E-state index is 11.2. The standard InChI is InChI=1S/C15H23N3O2/c1-11-8-12(14(16)19)9-13(18-11)20-10-15(17)6-4-2-3-5-7-15/h8-9H,2-7,10,17H2,1H3,(H2,16,19). The van der Waals surface area contributed by atoms with Gasteiger partial charge >= 0.3 is 0 Å². The molecular weight excluding hydrogens is 254 g/mol. The van der Waals surface area contributed by atoms with E-state index in [1.807, 2.05) is 6.92 Å². The van der Waals surface area contributed by atoms with Gasteiger partial charge in [0.05, 0.1) is 5.54 Å². The highest BCUT2D eigenvalue weighted by Gasteiger charge is 2.27. The SMILES string of the molecule is Cc1cc(C(N)=O)cc(OCC2(N)CCCCCC2)n1. The normalized spacial score (nSPS) is 18.3. The number of aryl methyl sites for hydroxylation is 1. The van der Waals surface area contributed by atoms with Gasteiger partial charge in [-0.25, -0.2) is 4.98 Å². The molecule has 1 aliphatic rings. The summed E-state index contributed by atoms with van der Waals surface area (Å²) in [5.74, 6) is -0.0508. The van der Waals surface area contributed by atoms with Crippen LogP contribution in [0.1, 0.15) is 54.6 Å². The van der Waals surface area contributed by atoms with E-state index < -0.39 is 5.91 Å². The second kappa shape index (κ2) is 6.22. The molecule has 0 spiro atoms. The summed E-state index contributed by atoms with van der Waals surface area (Å²) in [6.45, 7) is 2.24. The highest BCUT2D eigenvalue weighted by molar-refractivity contribution is 5.93. The number of carbonyl (C=O) groups excluding carboxylic acids is 1. The number of nitrogens with two attached hydrogens (primary N) is 2. The smallest absolute Gasteiger partial charge is 0.248 e. The molecule has 1 fully saturated rings. The van der Waals surface area contributed by atoms with E-state index >= 15 is 0 Å². The van der Waals surface area contributed by atoms with Crippen LogP contribution in [0.5, 0.6) is 5.88 Å². The van der Waals surface area contributed by atoms with E-state index in [9.17, 15) is 4.79 Å². The van der Waals surface area contributed by atoms with E-state index in [0.29, 0.717) is 23.7 Å². The Hall–Kier alpha value is -1.62. The molecule has 0 atom stereocenters. The maximum Gasteiger partial charge on any atom is 0.248 e. The average molecular weight is 277 g/mol. The molecule has 1 amide bonds. The van der Waals surface area contributed by atoms with Gasteiger partial charge in [0.1, 0.15) is 6.61 Å². The van der Waals surface area contributed by atoms with Crippen LogP contribution < -0.4 is 16.2 Å².